The van der Waals surface area contributed by atoms with Crippen molar-refractivity contribution in [3.05, 3.63) is 0 Å². The quantitative estimate of drug-likeness (QED) is 0.638. The summed E-state index contributed by atoms with van der Waals surface area (Å²) in [4.78, 5) is 9.38. The zero-order valence-electron chi connectivity index (χ0n) is 12.1. The van der Waals surface area contributed by atoms with Gasteiger partial charge in [-0.3, -0.25) is 0 Å². The van der Waals surface area contributed by atoms with Gasteiger partial charge < -0.3 is 0 Å². The fourth-order valence-corrected chi connectivity index (χ4v) is 3.40. The molecule has 0 heterocycles. The van der Waals surface area contributed by atoms with Crippen molar-refractivity contribution in [3.8, 4) is 0 Å². The summed E-state index contributed by atoms with van der Waals surface area (Å²) < 4.78 is 0. The first-order chi connectivity index (χ1) is 8.73. The van der Waals surface area contributed by atoms with Crippen molar-refractivity contribution in [1.82, 2.24) is 0 Å². The summed E-state index contributed by atoms with van der Waals surface area (Å²) in [6.07, 6.45) is 13.1. The summed E-state index contributed by atoms with van der Waals surface area (Å²) in [5, 5.41) is 0. The maximum absolute atomic E-state index is 4.79. The number of aliphatic imine (C=N–C) groups is 2. The van der Waals surface area contributed by atoms with Gasteiger partial charge in [0.1, 0.15) is 0 Å². The van der Waals surface area contributed by atoms with Crippen LogP contribution in [-0.4, -0.2) is 17.6 Å². The highest BCUT2D eigenvalue weighted by atomic mass is 14.9. The van der Waals surface area contributed by atoms with Crippen molar-refractivity contribution in [2.24, 2.45) is 15.9 Å². The molecule has 0 N–H and O–H groups in total. The van der Waals surface area contributed by atoms with Crippen molar-refractivity contribution < 1.29 is 0 Å². The van der Waals surface area contributed by atoms with Crippen LogP contribution in [0.25, 0.3) is 0 Å². The molecule has 2 aliphatic carbocycles. The monoisotopic (exact) mass is 248 g/mol. The predicted molar refractivity (Wildman–Crippen MR) is 77.4 cm³/mol. The van der Waals surface area contributed by atoms with E-state index in [9.17, 15) is 0 Å². The van der Waals surface area contributed by atoms with E-state index in [1.807, 2.05) is 0 Å². The first-order valence-electron chi connectivity index (χ1n) is 7.90. The van der Waals surface area contributed by atoms with Crippen LogP contribution in [0.1, 0.15) is 78.1 Å². The van der Waals surface area contributed by atoms with Crippen LogP contribution in [0.2, 0.25) is 0 Å². The first-order valence-corrected chi connectivity index (χ1v) is 7.90. The molecule has 2 fully saturated rings. The molecule has 0 aromatic rings. The molecule has 2 saturated carbocycles. The number of nitrogens with zero attached hydrogens (tertiary/aromatic N) is 2. The second-order valence-corrected chi connectivity index (χ2v) is 6.45. The van der Waals surface area contributed by atoms with E-state index in [0.29, 0.717) is 12.0 Å². The molecule has 0 amide bonds. The van der Waals surface area contributed by atoms with Gasteiger partial charge in [-0.1, -0.05) is 52.4 Å². The minimum Gasteiger partial charge on any atom is -0.222 e. The van der Waals surface area contributed by atoms with Crippen LogP contribution in [0.4, 0.5) is 0 Å². The second-order valence-electron chi connectivity index (χ2n) is 6.45. The Balaban J connectivity index is 2.00. The molecule has 0 aliphatic heterocycles. The predicted octanol–water partition coefficient (Wildman–Crippen LogP) is 4.85. The van der Waals surface area contributed by atoms with Crippen LogP contribution < -0.4 is 0 Å². The number of hydrogen-bond acceptors (Lipinski definition) is 2. The molecule has 0 saturated heterocycles. The Bertz CT molecular complexity index is 301. The Hall–Kier alpha value is -0.620. The highest BCUT2D eigenvalue weighted by Gasteiger charge is 2.34. The Morgan fingerprint density at radius 2 is 1.56 bits per heavy atom. The molecule has 0 spiro atoms. The van der Waals surface area contributed by atoms with E-state index in [0.717, 1.165) is 0 Å². The van der Waals surface area contributed by atoms with Gasteiger partial charge in [-0.15, -0.1) is 0 Å². The van der Waals surface area contributed by atoms with Crippen LogP contribution in [0, 0.1) is 5.92 Å². The van der Waals surface area contributed by atoms with Crippen molar-refractivity contribution >= 4 is 6.01 Å². The van der Waals surface area contributed by atoms with Gasteiger partial charge in [0, 0.05) is 0 Å². The fraction of sp³-hybridized carbons (Fsp3) is 0.938. The maximum Gasteiger partial charge on any atom is 0.0901 e. The Morgan fingerprint density at radius 1 is 0.944 bits per heavy atom. The maximum atomic E-state index is 4.79. The lowest BCUT2D eigenvalue weighted by molar-refractivity contribution is 0.225. The highest BCUT2D eigenvalue weighted by Crippen LogP contribution is 2.37. The molecule has 0 aromatic carbocycles. The minimum absolute atomic E-state index is 0.149. The van der Waals surface area contributed by atoms with Crippen LogP contribution in [0.5, 0.6) is 0 Å². The summed E-state index contributed by atoms with van der Waals surface area (Å²) in [5.41, 5.74) is 0.149. The van der Waals surface area contributed by atoms with Gasteiger partial charge in [0.05, 0.1) is 17.6 Å². The Labute approximate surface area is 112 Å². The number of rotatable bonds is 3. The Morgan fingerprint density at radius 3 is 2.17 bits per heavy atom. The van der Waals surface area contributed by atoms with E-state index in [4.69, 9.17) is 4.99 Å². The molecule has 18 heavy (non-hydrogen) atoms. The summed E-state index contributed by atoms with van der Waals surface area (Å²) in [5.74, 6) is 0.617. The van der Waals surface area contributed by atoms with Gasteiger partial charge >= 0.3 is 0 Å². The lowest BCUT2D eigenvalue weighted by atomic mass is 9.75. The second kappa shape index (κ2) is 6.52. The van der Waals surface area contributed by atoms with Crippen molar-refractivity contribution in [2.75, 3.05) is 0 Å². The van der Waals surface area contributed by atoms with Crippen LogP contribution >= 0.6 is 0 Å². The van der Waals surface area contributed by atoms with E-state index < -0.39 is 0 Å². The van der Waals surface area contributed by atoms with Gasteiger partial charge in [0.25, 0.3) is 0 Å². The topological polar surface area (TPSA) is 24.7 Å². The molecule has 2 heteroatoms. The SMILES string of the molecule is CC(C)C1(N=C=NC2CCCCC2)CCCCC1. The summed E-state index contributed by atoms with van der Waals surface area (Å²) in [6, 6.07) is 3.61. The molecule has 2 aliphatic rings. The van der Waals surface area contributed by atoms with Crippen LogP contribution in [0.3, 0.4) is 0 Å². The summed E-state index contributed by atoms with van der Waals surface area (Å²) in [6.45, 7) is 4.61. The molecular weight excluding hydrogens is 220 g/mol. The zero-order valence-corrected chi connectivity index (χ0v) is 12.1. The van der Waals surface area contributed by atoms with Crippen molar-refractivity contribution in [1.29, 1.82) is 0 Å². The third kappa shape index (κ3) is 3.45. The smallest absolute Gasteiger partial charge is 0.0901 e. The molecule has 0 atom stereocenters. The van der Waals surface area contributed by atoms with E-state index in [1.165, 1.54) is 64.2 Å². The molecule has 2 rings (SSSR count). The van der Waals surface area contributed by atoms with Crippen LogP contribution in [0.15, 0.2) is 9.98 Å². The third-order valence-corrected chi connectivity index (χ3v) is 4.88. The zero-order chi connectivity index (χ0) is 12.8. The lowest BCUT2D eigenvalue weighted by Crippen LogP contribution is -2.35. The number of hydrogen-bond donors (Lipinski definition) is 0. The molecule has 0 bridgehead atoms. The summed E-state index contributed by atoms with van der Waals surface area (Å²) in [7, 11) is 0. The normalized spacial score (nSPS) is 24.6. The van der Waals surface area contributed by atoms with Gasteiger partial charge in [0.15, 0.2) is 0 Å². The average molecular weight is 248 g/mol. The highest BCUT2D eigenvalue weighted by molar-refractivity contribution is 5.43. The Kier molecular flexibility index (Phi) is 5.00. The standard InChI is InChI=1S/C16H28N2/c1-14(2)16(11-7-4-8-12-16)18-13-17-15-9-5-3-6-10-15/h14-15H,3-12H2,1-2H3. The van der Waals surface area contributed by atoms with E-state index >= 15 is 0 Å². The van der Waals surface area contributed by atoms with E-state index in [2.05, 4.69) is 24.8 Å². The van der Waals surface area contributed by atoms with Crippen molar-refractivity contribution in [2.45, 2.75) is 89.6 Å². The lowest BCUT2D eigenvalue weighted by Gasteiger charge is -2.36. The van der Waals surface area contributed by atoms with E-state index in [1.54, 1.807) is 0 Å². The third-order valence-electron chi connectivity index (χ3n) is 4.88. The molecule has 2 nitrogen and oxygen atoms in total. The van der Waals surface area contributed by atoms with Gasteiger partial charge in [-0.05, 0) is 31.6 Å². The fourth-order valence-electron chi connectivity index (χ4n) is 3.40. The van der Waals surface area contributed by atoms with Gasteiger partial charge in [-0.2, -0.15) is 0 Å². The van der Waals surface area contributed by atoms with E-state index in [-0.39, 0.29) is 5.54 Å². The largest absolute Gasteiger partial charge is 0.222 e. The first kappa shape index (κ1) is 13.8. The summed E-state index contributed by atoms with van der Waals surface area (Å²) >= 11 is 0. The van der Waals surface area contributed by atoms with Crippen LogP contribution in [-0.2, 0) is 0 Å². The molecule has 102 valence electrons. The molecule has 0 unspecified atom stereocenters. The minimum atomic E-state index is 0.149. The molecule has 0 radical (unpaired) electrons. The van der Waals surface area contributed by atoms with Crippen molar-refractivity contribution in [3.63, 3.8) is 0 Å². The average Bonchev–Trinajstić information content (AvgIpc) is 2.41. The van der Waals surface area contributed by atoms with Gasteiger partial charge in [-0.25, -0.2) is 9.98 Å². The molecule has 0 aromatic heterocycles. The van der Waals surface area contributed by atoms with Gasteiger partial charge in [0.2, 0.25) is 0 Å². The molecular formula is C16H28N2.